The molecule has 0 unspecified atom stereocenters. The van der Waals surface area contributed by atoms with Crippen molar-refractivity contribution in [1.29, 1.82) is 0 Å². The molecule has 7 heteroatoms. The van der Waals surface area contributed by atoms with Crippen molar-refractivity contribution in [2.75, 3.05) is 5.32 Å². The molecule has 0 bridgehead atoms. The summed E-state index contributed by atoms with van der Waals surface area (Å²) < 4.78 is 50.9. The summed E-state index contributed by atoms with van der Waals surface area (Å²) in [6.45, 7) is 1.77. The van der Waals surface area contributed by atoms with Gasteiger partial charge in [0.1, 0.15) is 11.6 Å². The Labute approximate surface area is 117 Å². The smallest absolute Gasteiger partial charge is 0.307 e. The zero-order valence-electron chi connectivity index (χ0n) is 10.8. The number of halogens is 4. The van der Waals surface area contributed by atoms with Crippen molar-refractivity contribution >= 4 is 11.7 Å². The first-order chi connectivity index (χ1) is 9.77. The highest BCUT2D eigenvalue weighted by atomic mass is 19.4. The van der Waals surface area contributed by atoms with Crippen LogP contribution in [0.2, 0.25) is 0 Å². The molecular formula is C14H10F4N2O. The molecule has 1 aromatic heterocycles. The fraction of sp³-hybridized carbons (Fsp3) is 0.143. The SMILES string of the molecule is Cc1ccnc(NC(=O)c2ccc(F)c(C(F)(F)F)c2)c1. The van der Waals surface area contributed by atoms with Crippen LogP contribution in [0.4, 0.5) is 23.4 Å². The Kier molecular flexibility index (Phi) is 3.93. The number of benzene rings is 1. The highest BCUT2D eigenvalue weighted by Gasteiger charge is 2.34. The summed E-state index contributed by atoms with van der Waals surface area (Å²) in [4.78, 5) is 15.7. The first-order valence-corrected chi connectivity index (χ1v) is 5.88. The Morgan fingerprint density at radius 3 is 2.52 bits per heavy atom. The number of nitrogens with zero attached hydrogens (tertiary/aromatic N) is 1. The molecule has 0 fully saturated rings. The second kappa shape index (κ2) is 5.51. The first kappa shape index (κ1) is 15.0. The van der Waals surface area contributed by atoms with E-state index in [0.717, 1.165) is 11.6 Å². The van der Waals surface area contributed by atoms with Crippen LogP contribution < -0.4 is 5.32 Å². The zero-order chi connectivity index (χ0) is 15.6. The van der Waals surface area contributed by atoms with Crippen molar-refractivity contribution in [3.63, 3.8) is 0 Å². The third-order valence-corrected chi connectivity index (χ3v) is 2.69. The third kappa shape index (κ3) is 3.56. The molecular weight excluding hydrogens is 288 g/mol. The van der Waals surface area contributed by atoms with E-state index in [-0.39, 0.29) is 11.4 Å². The van der Waals surface area contributed by atoms with Crippen LogP contribution in [0.1, 0.15) is 21.5 Å². The normalized spacial score (nSPS) is 11.3. The number of hydrogen-bond acceptors (Lipinski definition) is 2. The van der Waals surface area contributed by atoms with Gasteiger partial charge < -0.3 is 5.32 Å². The maximum atomic E-state index is 13.1. The number of pyridine rings is 1. The minimum atomic E-state index is -4.86. The molecule has 1 aromatic carbocycles. The fourth-order valence-electron chi connectivity index (χ4n) is 1.68. The lowest BCUT2D eigenvalue weighted by Crippen LogP contribution is -2.15. The topological polar surface area (TPSA) is 42.0 Å². The van der Waals surface area contributed by atoms with Crippen molar-refractivity contribution in [2.45, 2.75) is 13.1 Å². The average molecular weight is 298 g/mol. The second-order valence-electron chi connectivity index (χ2n) is 4.36. The summed E-state index contributed by atoms with van der Waals surface area (Å²) in [6.07, 6.45) is -3.40. The van der Waals surface area contributed by atoms with Gasteiger partial charge in [-0.05, 0) is 42.8 Å². The number of rotatable bonds is 2. The molecule has 0 saturated carbocycles. The predicted octanol–water partition coefficient (Wildman–Crippen LogP) is 3.80. The van der Waals surface area contributed by atoms with Gasteiger partial charge in [-0.15, -0.1) is 0 Å². The van der Waals surface area contributed by atoms with Crippen molar-refractivity contribution < 1.29 is 22.4 Å². The number of hydrogen-bond donors (Lipinski definition) is 1. The Morgan fingerprint density at radius 1 is 1.19 bits per heavy atom. The lowest BCUT2D eigenvalue weighted by Gasteiger charge is -2.10. The quantitative estimate of drug-likeness (QED) is 0.857. The van der Waals surface area contributed by atoms with Crippen LogP contribution in [0.5, 0.6) is 0 Å². The highest BCUT2D eigenvalue weighted by Crippen LogP contribution is 2.32. The van der Waals surface area contributed by atoms with Crippen molar-refractivity contribution in [1.82, 2.24) is 4.98 Å². The van der Waals surface area contributed by atoms with Crippen LogP contribution in [0.15, 0.2) is 36.5 Å². The standard InChI is InChI=1S/C14H10F4N2O/c1-8-4-5-19-12(6-8)20-13(21)9-2-3-11(15)10(7-9)14(16,17)18/h2-7H,1H3,(H,19,20,21). The number of aromatic nitrogens is 1. The molecule has 2 rings (SSSR count). The molecule has 0 aliphatic carbocycles. The van der Waals surface area contributed by atoms with Gasteiger partial charge in [0.25, 0.3) is 5.91 Å². The maximum Gasteiger partial charge on any atom is 0.419 e. The zero-order valence-corrected chi connectivity index (χ0v) is 10.8. The molecule has 110 valence electrons. The Morgan fingerprint density at radius 2 is 1.90 bits per heavy atom. The molecule has 0 saturated heterocycles. The van der Waals surface area contributed by atoms with Gasteiger partial charge in [-0.25, -0.2) is 9.37 Å². The number of carbonyl (C=O) groups is 1. The van der Waals surface area contributed by atoms with E-state index < -0.39 is 23.5 Å². The maximum absolute atomic E-state index is 13.1. The van der Waals surface area contributed by atoms with Crippen LogP contribution in [-0.2, 0) is 6.18 Å². The van der Waals surface area contributed by atoms with E-state index in [1.165, 1.54) is 6.20 Å². The number of aryl methyl sites for hydroxylation is 1. The van der Waals surface area contributed by atoms with Crippen LogP contribution in [0, 0.1) is 12.7 Å². The summed E-state index contributed by atoms with van der Waals surface area (Å²) >= 11 is 0. The van der Waals surface area contributed by atoms with Gasteiger partial charge in [0, 0.05) is 11.8 Å². The van der Waals surface area contributed by atoms with E-state index >= 15 is 0 Å². The minimum Gasteiger partial charge on any atom is -0.307 e. The molecule has 21 heavy (non-hydrogen) atoms. The number of amides is 1. The lowest BCUT2D eigenvalue weighted by atomic mass is 10.1. The Hall–Kier alpha value is -2.44. The molecule has 0 spiro atoms. The summed E-state index contributed by atoms with van der Waals surface area (Å²) in [6, 6.07) is 5.33. The van der Waals surface area contributed by atoms with Crippen LogP contribution in [0.25, 0.3) is 0 Å². The molecule has 1 amide bonds. The van der Waals surface area contributed by atoms with Gasteiger partial charge in [0.05, 0.1) is 5.56 Å². The molecule has 0 aliphatic heterocycles. The minimum absolute atomic E-state index is 0.206. The van der Waals surface area contributed by atoms with Crippen molar-refractivity contribution in [3.05, 3.63) is 59.0 Å². The molecule has 0 radical (unpaired) electrons. The lowest BCUT2D eigenvalue weighted by molar-refractivity contribution is -0.140. The average Bonchev–Trinajstić information content (AvgIpc) is 2.37. The molecule has 1 N–H and O–H groups in total. The second-order valence-corrected chi connectivity index (χ2v) is 4.36. The van der Waals surface area contributed by atoms with Crippen LogP contribution in [-0.4, -0.2) is 10.9 Å². The number of anilines is 1. The fourth-order valence-corrected chi connectivity index (χ4v) is 1.68. The predicted molar refractivity (Wildman–Crippen MR) is 68.3 cm³/mol. The number of nitrogens with one attached hydrogen (secondary N) is 1. The van der Waals surface area contributed by atoms with E-state index in [1.807, 2.05) is 0 Å². The molecule has 0 aliphatic rings. The summed E-state index contributed by atoms with van der Waals surface area (Å²) in [5.74, 6) is -2.01. The monoisotopic (exact) mass is 298 g/mol. The van der Waals surface area contributed by atoms with Gasteiger partial charge in [-0.2, -0.15) is 13.2 Å². The van der Waals surface area contributed by atoms with E-state index in [2.05, 4.69) is 10.3 Å². The van der Waals surface area contributed by atoms with Crippen molar-refractivity contribution in [3.8, 4) is 0 Å². The van der Waals surface area contributed by atoms with Gasteiger partial charge in [0.15, 0.2) is 0 Å². The van der Waals surface area contributed by atoms with Gasteiger partial charge in [-0.3, -0.25) is 4.79 Å². The number of carbonyl (C=O) groups excluding carboxylic acids is 1. The van der Waals surface area contributed by atoms with E-state index in [1.54, 1.807) is 19.1 Å². The molecule has 0 atom stereocenters. The van der Waals surface area contributed by atoms with Crippen molar-refractivity contribution in [2.24, 2.45) is 0 Å². The Balaban J connectivity index is 2.28. The van der Waals surface area contributed by atoms with E-state index in [9.17, 15) is 22.4 Å². The summed E-state index contributed by atoms with van der Waals surface area (Å²) in [5.41, 5.74) is -0.949. The molecule has 1 heterocycles. The first-order valence-electron chi connectivity index (χ1n) is 5.88. The van der Waals surface area contributed by atoms with Gasteiger partial charge >= 0.3 is 6.18 Å². The molecule has 3 nitrogen and oxygen atoms in total. The largest absolute Gasteiger partial charge is 0.419 e. The molecule has 2 aromatic rings. The Bertz CT molecular complexity index is 683. The number of alkyl halides is 3. The van der Waals surface area contributed by atoms with Crippen LogP contribution >= 0.6 is 0 Å². The third-order valence-electron chi connectivity index (χ3n) is 2.69. The van der Waals surface area contributed by atoms with E-state index in [0.29, 0.717) is 12.1 Å². The van der Waals surface area contributed by atoms with Gasteiger partial charge in [0.2, 0.25) is 0 Å². The van der Waals surface area contributed by atoms with Gasteiger partial charge in [-0.1, -0.05) is 0 Å². The van der Waals surface area contributed by atoms with E-state index in [4.69, 9.17) is 0 Å². The highest BCUT2D eigenvalue weighted by molar-refractivity contribution is 6.03. The summed E-state index contributed by atoms with van der Waals surface area (Å²) in [5, 5.41) is 2.36. The van der Waals surface area contributed by atoms with Crippen LogP contribution in [0.3, 0.4) is 0 Å². The summed E-state index contributed by atoms with van der Waals surface area (Å²) in [7, 11) is 0.